The van der Waals surface area contributed by atoms with E-state index in [0.29, 0.717) is 4.47 Å². The van der Waals surface area contributed by atoms with Gasteiger partial charge < -0.3 is 0 Å². The van der Waals surface area contributed by atoms with E-state index in [-0.39, 0.29) is 5.56 Å². The molecule has 0 aliphatic carbocycles. The molecule has 1 aromatic rings. The Kier molecular flexibility index (Phi) is 3.05. The highest BCUT2D eigenvalue weighted by atomic mass is 79.9. The van der Waals surface area contributed by atoms with Crippen molar-refractivity contribution in [2.24, 2.45) is 0 Å². The van der Waals surface area contributed by atoms with E-state index in [9.17, 15) is 8.78 Å². The van der Waals surface area contributed by atoms with E-state index in [1.165, 1.54) is 12.1 Å². The van der Waals surface area contributed by atoms with Gasteiger partial charge in [0.05, 0.1) is 0 Å². The third-order valence-corrected chi connectivity index (χ3v) is 2.18. The van der Waals surface area contributed by atoms with Crippen LogP contribution in [0.2, 0.25) is 0 Å². The van der Waals surface area contributed by atoms with Gasteiger partial charge in [0.2, 0.25) is 0 Å². The molecule has 13 heavy (non-hydrogen) atoms. The smallest absolute Gasteiger partial charge is 0.131 e. The van der Waals surface area contributed by atoms with Crippen LogP contribution >= 0.6 is 15.9 Å². The zero-order valence-electron chi connectivity index (χ0n) is 6.94. The monoisotopic (exact) mass is 244 g/mol. The van der Waals surface area contributed by atoms with Crippen molar-refractivity contribution in [1.29, 1.82) is 0 Å². The first kappa shape index (κ1) is 10.2. The van der Waals surface area contributed by atoms with Crippen molar-refractivity contribution < 1.29 is 8.78 Å². The molecule has 0 bridgehead atoms. The summed E-state index contributed by atoms with van der Waals surface area (Å²) in [6.07, 6.45) is 5.08. The molecule has 1 atom stereocenters. The third-order valence-electron chi connectivity index (χ3n) is 1.73. The van der Waals surface area contributed by atoms with Gasteiger partial charge in [-0.2, -0.15) is 0 Å². The van der Waals surface area contributed by atoms with E-state index >= 15 is 0 Å². The minimum Gasteiger partial charge on any atom is -0.207 e. The van der Waals surface area contributed by atoms with Gasteiger partial charge in [0.15, 0.2) is 0 Å². The summed E-state index contributed by atoms with van der Waals surface area (Å²) in [5, 5.41) is 0. The second kappa shape index (κ2) is 3.89. The van der Waals surface area contributed by atoms with Crippen molar-refractivity contribution >= 4 is 15.9 Å². The number of hydrogen-bond donors (Lipinski definition) is 0. The first-order valence-corrected chi connectivity index (χ1v) is 4.46. The van der Waals surface area contributed by atoms with Gasteiger partial charge in [-0.3, -0.25) is 0 Å². The van der Waals surface area contributed by atoms with Gasteiger partial charge in [0.1, 0.15) is 11.6 Å². The molecule has 0 saturated carbocycles. The number of halogens is 3. The molecule has 0 heterocycles. The van der Waals surface area contributed by atoms with Crippen molar-refractivity contribution in [2.45, 2.75) is 12.8 Å². The number of benzene rings is 1. The zero-order valence-corrected chi connectivity index (χ0v) is 8.53. The third kappa shape index (κ3) is 2.07. The molecular formula is C10H7BrF2. The Balaban J connectivity index is 3.30. The van der Waals surface area contributed by atoms with Crippen molar-refractivity contribution in [2.75, 3.05) is 0 Å². The lowest BCUT2D eigenvalue weighted by atomic mass is 10.0. The van der Waals surface area contributed by atoms with E-state index in [1.807, 2.05) is 0 Å². The number of hydrogen-bond acceptors (Lipinski definition) is 0. The molecule has 0 nitrogen and oxygen atoms in total. The molecule has 1 rings (SSSR count). The fraction of sp³-hybridized carbons (Fsp3) is 0.200. The second-order valence-corrected chi connectivity index (χ2v) is 3.59. The topological polar surface area (TPSA) is 0 Å². The number of rotatable bonds is 1. The van der Waals surface area contributed by atoms with Crippen molar-refractivity contribution in [3.05, 3.63) is 33.8 Å². The van der Waals surface area contributed by atoms with Gasteiger partial charge in [0.25, 0.3) is 0 Å². The first-order chi connectivity index (χ1) is 6.06. The Morgan fingerprint density at radius 1 is 1.38 bits per heavy atom. The van der Waals surface area contributed by atoms with Gasteiger partial charge in [-0.15, -0.1) is 6.42 Å². The summed E-state index contributed by atoms with van der Waals surface area (Å²) in [6.45, 7) is 1.58. The Hall–Kier alpha value is -0.880. The predicted molar refractivity (Wildman–Crippen MR) is 51.3 cm³/mol. The van der Waals surface area contributed by atoms with E-state index in [0.717, 1.165) is 0 Å². The summed E-state index contributed by atoms with van der Waals surface area (Å²) in [7, 11) is 0. The van der Waals surface area contributed by atoms with Gasteiger partial charge >= 0.3 is 0 Å². The Bertz CT molecular complexity index is 343. The lowest BCUT2D eigenvalue weighted by molar-refractivity contribution is 0.550. The van der Waals surface area contributed by atoms with Crippen molar-refractivity contribution in [1.82, 2.24) is 0 Å². The largest absolute Gasteiger partial charge is 0.207 e. The van der Waals surface area contributed by atoms with Crippen LogP contribution in [-0.2, 0) is 0 Å². The van der Waals surface area contributed by atoms with Crippen LogP contribution in [-0.4, -0.2) is 0 Å². The van der Waals surface area contributed by atoms with E-state index < -0.39 is 17.6 Å². The quantitative estimate of drug-likeness (QED) is 0.664. The summed E-state index contributed by atoms with van der Waals surface area (Å²) in [5.41, 5.74) is -0.0503. The van der Waals surface area contributed by atoms with Crippen LogP contribution in [0.15, 0.2) is 16.6 Å². The van der Waals surface area contributed by atoms with Crippen molar-refractivity contribution in [3.8, 4) is 12.3 Å². The Labute approximate surface area is 84.1 Å². The summed E-state index contributed by atoms with van der Waals surface area (Å²) in [4.78, 5) is 0. The molecule has 0 aliphatic heterocycles. The van der Waals surface area contributed by atoms with E-state index in [4.69, 9.17) is 6.42 Å². The molecule has 0 amide bonds. The first-order valence-electron chi connectivity index (χ1n) is 3.67. The minimum absolute atomic E-state index is 0.0503. The summed E-state index contributed by atoms with van der Waals surface area (Å²) >= 11 is 2.99. The molecule has 0 spiro atoms. The molecule has 1 aromatic carbocycles. The fourth-order valence-corrected chi connectivity index (χ4v) is 1.45. The van der Waals surface area contributed by atoms with Crippen LogP contribution < -0.4 is 0 Å². The second-order valence-electron chi connectivity index (χ2n) is 2.67. The lowest BCUT2D eigenvalue weighted by Gasteiger charge is -2.07. The molecular weight excluding hydrogens is 238 g/mol. The van der Waals surface area contributed by atoms with Gasteiger partial charge in [0, 0.05) is 16.0 Å². The van der Waals surface area contributed by atoms with Crippen LogP contribution in [0.4, 0.5) is 8.78 Å². The molecule has 0 fully saturated rings. The summed E-state index contributed by atoms with van der Waals surface area (Å²) in [5.74, 6) is 0.512. The standard InChI is InChI=1S/C10H7BrF2/c1-3-6(2)10-8(12)4-7(11)5-9(10)13/h1,4-6H,2H3. The fourth-order valence-electron chi connectivity index (χ4n) is 1.05. The average molecular weight is 245 g/mol. The van der Waals surface area contributed by atoms with Crippen molar-refractivity contribution in [3.63, 3.8) is 0 Å². The van der Waals surface area contributed by atoms with Gasteiger partial charge in [-0.1, -0.05) is 21.9 Å². The molecule has 0 aromatic heterocycles. The highest BCUT2D eigenvalue weighted by Gasteiger charge is 2.14. The maximum Gasteiger partial charge on any atom is 0.131 e. The molecule has 1 unspecified atom stereocenters. The molecule has 3 heteroatoms. The zero-order chi connectivity index (χ0) is 10.0. The predicted octanol–water partition coefficient (Wildman–Crippen LogP) is 3.46. The minimum atomic E-state index is -0.614. The van der Waals surface area contributed by atoms with Gasteiger partial charge in [-0.25, -0.2) is 8.78 Å². The molecule has 0 aliphatic rings. The number of terminal acetylenes is 1. The maximum absolute atomic E-state index is 13.2. The van der Waals surface area contributed by atoms with Crippen LogP contribution in [0.5, 0.6) is 0 Å². The van der Waals surface area contributed by atoms with Crippen LogP contribution in [0, 0.1) is 24.0 Å². The van der Waals surface area contributed by atoms with Crippen LogP contribution in [0.1, 0.15) is 18.4 Å². The highest BCUT2D eigenvalue weighted by Crippen LogP contribution is 2.25. The van der Waals surface area contributed by atoms with Crippen LogP contribution in [0.3, 0.4) is 0 Å². The SMILES string of the molecule is C#CC(C)c1c(F)cc(Br)cc1F. The summed E-state index contributed by atoms with van der Waals surface area (Å²) < 4.78 is 26.7. The summed E-state index contributed by atoms with van der Waals surface area (Å²) in [6, 6.07) is 2.40. The van der Waals surface area contributed by atoms with E-state index in [1.54, 1.807) is 6.92 Å². The maximum atomic E-state index is 13.2. The normalized spacial score (nSPS) is 12.2. The molecule has 0 radical (unpaired) electrons. The lowest BCUT2D eigenvalue weighted by Crippen LogP contribution is -1.99. The van der Waals surface area contributed by atoms with Gasteiger partial charge in [-0.05, 0) is 19.1 Å². The van der Waals surface area contributed by atoms with Crippen LogP contribution in [0.25, 0.3) is 0 Å². The van der Waals surface area contributed by atoms with E-state index in [2.05, 4.69) is 21.9 Å². The average Bonchev–Trinajstić information content (AvgIpc) is 2.02. The Morgan fingerprint density at radius 2 is 1.85 bits per heavy atom. The Morgan fingerprint density at radius 3 is 2.23 bits per heavy atom. The molecule has 0 saturated heterocycles. The molecule has 0 N–H and O–H groups in total. The molecule has 68 valence electrons. The highest BCUT2D eigenvalue weighted by molar-refractivity contribution is 9.10.